The average Bonchev–Trinajstić information content (AvgIpc) is 2.57. The van der Waals surface area contributed by atoms with Crippen molar-refractivity contribution in [1.29, 1.82) is 0 Å². The van der Waals surface area contributed by atoms with E-state index >= 15 is 0 Å². The predicted octanol–water partition coefficient (Wildman–Crippen LogP) is 6.00. The third kappa shape index (κ3) is 5.56. The van der Waals surface area contributed by atoms with Crippen LogP contribution in [0.4, 0.5) is 0 Å². The molecule has 2 aliphatic rings. The Morgan fingerprint density at radius 3 is 2.21 bits per heavy atom. The number of unbranched alkanes of at least 4 members (excludes halogenated alkanes) is 9. The summed E-state index contributed by atoms with van der Waals surface area (Å²) in [5.41, 5.74) is -0.257. The molecule has 2 fully saturated rings. The highest BCUT2D eigenvalue weighted by Crippen LogP contribution is 2.44. The molecule has 1 saturated carbocycles. The molecule has 3 heteroatoms. The van der Waals surface area contributed by atoms with Crippen molar-refractivity contribution in [3.63, 3.8) is 0 Å². The SMILES string of the molecule is CCCCCCCCCCCCC1(C)OOC2CC1CC(=O)C2C. The first kappa shape index (κ1) is 19.9. The molecule has 1 aliphatic heterocycles. The van der Waals surface area contributed by atoms with E-state index in [1.807, 2.05) is 6.92 Å². The number of Topliss-reactive ketones (excluding diaryl/α,β-unsaturated/α-hetero) is 1. The lowest BCUT2D eigenvalue weighted by atomic mass is 9.70. The number of carbonyl (C=O) groups excluding carboxylic acids is 1. The smallest absolute Gasteiger partial charge is 0.138 e. The van der Waals surface area contributed by atoms with Crippen LogP contribution in [0.5, 0.6) is 0 Å². The molecule has 1 heterocycles. The molecule has 0 aromatic rings. The van der Waals surface area contributed by atoms with E-state index < -0.39 is 0 Å². The summed E-state index contributed by atoms with van der Waals surface area (Å²) in [4.78, 5) is 23.5. The number of ketones is 1. The Kier molecular flexibility index (Phi) is 8.22. The lowest BCUT2D eigenvalue weighted by Gasteiger charge is -2.47. The van der Waals surface area contributed by atoms with Crippen LogP contribution in [0.2, 0.25) is 0 Å². The molecule has 0 amide bonds. The van der Waals surface area contributed by atoms with Crippen LogP contribution in [0, 0.1) is 11.8 Å². The minimum atomic E-state index is -0.257. The molecule has 3 nitrogen and oxygen atoms in total. The maximum atomic E-state index is 12.1. The lowest BCUT2D eigenvalue weighted by molar-refractivity contribution is -0.429. The van der Waals surface area contributed by atoms with Gasteiger partial charge in [0, 0.05) is 18.3 Å². The second kappa shape index (κ2) is 9.91. The third-order valence-corrected chi connectivity index (χ3v) is 6.28. The Balaban J connectivity index is 1.56. The molecule has 0 aromatic heterocycles. The van der Waals surface area contributed by atoms with Crippen molar-refractivity contribution >= 4 is 5.78 Å². The van der Waals surface area contributed by atoms with E-state index in [1.54, 1.807) is 0 Å². The summed E-state index contributed by atoms with van der Waals surface area (Å²) < 4.78 is 0. The molecular formula is C21H38O3. The van der Waals surface area contributed by atoms with Crippen molar-refractivity contribution in [2.45, 2.75) is 116 Å². The second-order valence-electron chi connectivity index (χ2n) is 8.35. The van der Waals surface area contributed by atoms with Gasteiger partial charge in [-0.1, -0.05) is 78.1 Å². The van der Waals surface area contributed by atoms with Crippen LogP contribution in [0.1, 0.15) is 104 Å². The molecule has 24 heavy (non-hydrogen) atoms. The van der Waals surface area contributed by atoms with E-state index in [2.05, 4.69) is 13.8 Å². The van der Waals surface area contributed by atoms with Crippen molar-refractivity contribution in [2.24, 2.45) is 11.8 Å². The summed E-state index contributed by atoms with van der Waals surface area (Å²) in [5, 5.41) is 0. The van der Waals surface area contributed by atoms with Gasteiger partial charge in [-0.25, -0.2) is 9.78 Å². The zero-order valence-electron chi connectivity index (χ0n) is 16.1. The summed E-state index contributed by atoms with van der Waals surface area (Å²) in [5.74, 6) is 0.704. The van der Waals surface area contributed by atoms with Crippen LogP contribution in [0.15, 0.2) is 0 Å². The fourth-order valence-corrected chi connectivity index (χ4v) is 4.24. The Morgan fingerprint density at radius 1 is 1.00 bits per heavy atom. The molecule has 140 valence electrons. The van der Waals surface area contributed by atoms with E-state index in [1.165, 1.54) is 64.2 Å². The molecule has 0 spiro atoms. The molecule has 1 saturated heterocycles. The monoisotopic (exact) mass is 338 g/mol. The van der Waals surface area contributed by atoms with Gasteiger partial charge in [0.25, 0.3) is 0 Å². The fourth-order valence-electron chi connectivity index (χ4n) is 4.24. The summed E-state index contributed by atoms with van der Waals surface area (Å²) in [7, 11) is 0. The number of fused-ring (bicyclic) bond motifs is 2. The second-order valence-corrected chi connectivity index (χ2v) is 8.35. The molecule has 0 radical (unpaired) electrons. The van der Waals surface area contributed by atoms with Gasteiger partial charge < -0.3 is 0 Å². The first-order valence-corrected chi connectivity index (χ1v) is 10.4. The zero-order chi connectivity index (χ0) is 17.4. The Labute approximate surface area is 148 Å². The average molecular weight is 339 g/mol. The van der Waals surface area contributed by atoms with E-state index in [0.29, 0.717) is 18.1 Å². The van der Waals surface area contributed by atoms with Crippen LogP contribution in [0.3, 0.4) is 0 Å². The number of hydrogen-bond donors (Lipinski definition) is 0. The summed E-state index contributed by atoms with van der Waals surface area (Å²) in [6.45, 7) is 6.38. The molecule has 0 aromatic carbocycles. The Morgan fingerprint density at radius 2 is 1.58 bits per heavy atom. The van der Waals surface area contributed by atoms with Gasteiger partial charge in [0.05, 0.1) is 0 Å². The van der Waals surface area contributed by atoms with Gasteiger partial charge in [0.1, 0.15) is 17.5 Å². The first-order chi connectivity index (χ1) is 11.6. The van der Waals surface area contributed by atoms with Gasteiger partial charge in [0.2, 0.25) is 0 Å². The molecule has 2 bridgehead atoms. The Hall–Kier alpha value is -0.410. The molecule has 2 rings (SSSR count). The number of carbonyl (C=O) groups is 1. The minimum absolute atomic E-state index is 0.00289. The summed E-state index contributed by atoms with van der Waals surface area (Å²) in [6.07, 6.45) is 16.1. The van der Waals surface area contributed by atoms with Crippen molar-refractivity contribution < 1.29 is 14.6 Å². The number of hydrogen-bond acceptors (Lipinski definition) is 3. The van der Waals surface area contributed by atoms with Crippen molar-refractivity contribution in [1.82, 2.24) is 0 Å². The van der Waals surface area contributed by atoms with E-state index in [-0.39, 0.29) is 17.6 Å². The molecular weight excluding hydrogens is 300 g/mol. The van der Waals surface area contributed by atoms with Crippen LogP contribution in [0.25, 0.3) is 0 Å². The molecule has 0 N–H and O–H groups in total. The van der Waals surface area contributed by atoms with Gasteiger partial charge in [-0.2, -0.15) is 0 Å². The normalized spacial score (nSPS) is 33.0. The Bertz CT molecular complexity index is 381. The quantitative estimate of drug-likeness (QED) is 0.342. The molecule has 4 atom stereocenters. The topological polar surface area (TPSA) is 35.5 Å². The van der Waals surface area contributed by atoms with Gasteiger partial charge in [0.15, 0.2) is 0 Å². The lowest BCUT2D eigenvalue weighted by Crippen LogP contribution is -2.52. The van der Waals surface area contributed by atoms with Crippen molar-refractivity contribution in [3.8, 4) is 0 Å². The highest BCUT2D eigenvalue weighted by Gasteiger charge is 2.49. The largest absolute Gasteiger partial charge is 0.299 e. The fraction of sp³-hybridized carbons (Fsp3) is 0.952. The van der Waals surface area contributed by atoms with Gasteiger partial charge in [-0.15, -0.1) is 0 Å². The van der Waals surface area contributed by atoms with Gasteiger partial charge in [-0.3, -0.25) is 4.79 Å². The van der Waals surface area contributed by atoms with Gasteiger partial charge >= 0.3 is 0 Å². The zero-order valence-corrected chi connectivity index (χ0v) is 16.1. The maximum Gasteiger partial charge on any atom is 0.138 e. The summed E-state index contributed by atoms with van der Waals surface area (Å²) >= 11 is 0. The standard InChI is InChI=1S/C21H38O3/c1-4-5-6-7-8-9-10-11-12-13-14-21(3)18-15-19(22)17(2)20(16-18)23-24-21/h17-18,20H,4-16H2,1-3H3. The van der Waals surface area contributed by atoms with Crippen LogP contribution in [-0.2, 0) is 14.6 Å². The molecule has 4 unspecified atom stereocenters. The van der Waals surface area contributed by atoms with E-state index in [9.17, 15) is 4.79 Å². The van der Waals surface area contributed by atoms with E-state index in [0.717, 1.165) is 12.8 Å². The predicted molar refractivity (Wildman–Crippen MR) is 97.7 cm³/mol. The van der Waals surface area contributed by atoms with Crippen LogP contribution >= 0.6 is 0 Å². The molecule has 1 aliphatic carbocycles. The highest BCUT2D eigenvalue weighted by molar-refractivity contribution is 5.82. The first-order valence-electron chi connectivity index (χ1n) is 10.4. The van der Waals surface area contributed by atoms with Crippen molar-refractivity contribution in [2.75, 3.05) is 0 Å². The maximum absolute atomic E-state index is 12.1. The number of rotatable bonds is 11. The third-order valence-electron chi connectivity index (χ3n) is 6.28. The summed E-state index contributed by atoms with van der Waals surface area (Å²) in [6, 6.07) is 0. The van der Waals surface area contributed by atoms with Gasteiger partial charge in [-0.05, 0) is 19.8 Å². The highest BCUT2D eigenvalue weighted by atomic mass is 17.2. The minimum Gasteiger partial charge on any atom is -0.299 e. The van der Waals surface area contributed by atoms with Crippen molar-refractivity contribution in [3.05, 3.63) is 0 Å². The van der Waals surface area contributed by atoms with Crippen LogP contribution < -0.4 is 0 Å². The van der Waals surface area contributed by atoms with E-state index in [4.69, 9.17) is 9.78 Å². The van der Waals surface area contributed by atoms with Crippen LogP contribution in [-0.4, -0.2) is 17.5 Å².